The van der Waals surface area contributed by atoms with Crippen molar-refractivity contribution in [3.8, 4) is 0 Å². The number of benzene rings is 1. The summed E-state index contributed by atoms with van der Waals surface area (Å²) in [6.07, 6.45) is 4.04. The SMILES string of the molecule is CC1CCN(C(=O)[C@@H]2CCCN2C(=O)C(C)Cc2ccccc2F)CC1. The van der Waals surface area contributed by atoms with Crippen molar-refractivity contribution in [1.82, 2.24) is 9.80 Å². The van der Waals surface area contributed by atoms with Crippen molar-refractivity contribution in [1.29, 1.82) is 0 Å². The Kier molecular flexibility index (Phi) is 5.94. The average molecular weight is 360 g/mol. The number of hydrogen-bond acceptors (Lipinski definition) is 2. The molecule has 1 aromatic carbocycles. The summed E-state index contributed by atoms with van der Waals surface area (Å²) in [5.41, 5.74) is 0.556. The Balaban J connectivity index is 1.64. The predicted octanol–water partition coefficient (Wildman–Crippen LogP) is 3.25. The van der Waals surface area contributed by atoms with E-state index in [-0.39, 0.29) is 29.6 Å². The van der Waals surface area contributed by atoms with Gasteiger partial charge in [0.2, 0.25) is 11.8 Å². The minimum Gasteiger partial charge on any atom is -0.341 e. The molecule has 142 valence electrons. The molecule has 2 heterocycles. The Bertz CT molecular complexity index is 655. The fourth-order valence-electron chi connectivity index (χ4n) is 4.09. The van der Waals surface area contributed by atoms with Gasteiger partial charge >= 0.3 is 0 Å². The van der Waals surface area contributed by atoms with Crippen LogP contribution in [-0.4, -0.2) is 47.3 Å². The van der Waals surface area contributed by atoms with Crippen LogP contribution in [0.4, 0.5) is 4.39 Å². The van der Waals surface area contributed by atoms with Crippen LogP contribution in [0.5, 0.6) is 0 Å². The van der Waals surface area contributed by atoms with Gasteiger partial charge < -0.3 is 9.80 Å². The van der Waals surface area contributed by atoms with Crippen LogP contribution in [0.15, 0.2) is 24.3 Å². The zero-order chi connectivity index (χ0) is 18.7. The summed E-state index contributed by atoms with van der Waals surface area (Å²) in [5.74, 6) is 0.127. The number of nitrogens with zero attached hydrogens (tertiary/aromatic N) is 2. The third kappa shape index (κ3) is 4.08. The van der Waals surface area contributed by atoms with Crippen LogP contribution in [0.2, 0.25) is 0 Å². The van der Waals surface area contributed by atoms with Crippen LogP contribution in [0.3, 0.4) is 0 Å². The summed E-state index contributed by atoms with van der Waals surface area (Å²) in [4.78, 5) is 29.5. The fraction of sp³-hybridized carbons (Fsp3) is 0.619. The van der Waals surface area contributed by atoms with E-state index >= 15 is 0 Å². The summed E-state index contributed by atoms with van der Waals surface area (Å²) in [6, 6.07) is 6.25. The van der Waals surface area contributed by atoms with Crippen LogP contribution < -0.4 is 0 Å². The van der Waals surface area contributed by atoms with Gasteiger partial charge in [-0.15, -0.1) is 0 Å². The first-order chi connectivity index (χ1) is 12.5. The number of hydrogen-bond donors (Lipinski definition) is 0. The minimum atomic E-state index is -0.334. The first-order valence-electron chi connectivity index (χ1n) is 9.80. The summed E-state index contributed by atoms with van der Waals surface area (Å²) < 4.78 is 13.9. The maximum absolute atomic E-state index is 13.9. The van der Waals surface area contributed by atoms with Crippen LogP contribution in [0, 0.1) is 17.7 Å². The van der Waals surface area contributed by atoms with Gasteiger partial charge in [-0.25, -0.2) is 4.39 Å². The van der Waals surface area contributed by atoms with Crippen molar-refractivity contribution in [3.05, 3.63) is 35.6 Å². The van der Waals surface area contributed by atoms with E-state index in [1.54, 1.807) is 23.1 Å². The van der Waals surface area contributed by atoms with Gasteiger partial charge in [-0.1, -0.05) is 32.0 Å². The van der Waals surface area contributed by atoms with Gasteiger partial charge in [0.15, 0.2) is 0 Å². The quantitative estimate of drug-likeness (QED) is 0.827. The van der Waals surface area contributed by atoms with Gasteiger partial charge in [-0.3, -0.25) is 9.59 Å². The topological polar surface area (TPSA) is 40.6 Å². The summed E-state index contributed by atoms with van der Waals surface area (Å²) in [7, 11) is 0. The Hall–Kier alpha value is -1.91. The molecule has 2 fully saturated rings. The molecular formula is C21H29FN2O2. The van der Waals surface area contributed by atoms with Crippen molar-refractivity contribution >= 4 is 11.8 Å². The third-order valence-corrected chi connectivity index (χ3v) is 5.82. The highest BCUT2D eigenvalue weighted by Gasteiger charge is 2.38. The van der Waals surface area contributed by atoms with Crippen molar-refractivity contribution in [2.75, 3.05) is 19.6 Å². The third-order valence-electron chi connectivity index (χ3n) is 5.82. The van der Waals surface area contributed by atoms with Gasteiger partial charge in [0.05, 0.1) is 0 Å². The molecule has 2 atom stereocenters. The standard InChI is InChI=1S/C21H29FN2O2/c1-15-9-12-23(13-10-15)21(26)19-8-5-11-24(19)20(25)16(2)14-17-6-3-4-7-18(17)22/h3-4,6-7,15-16,19H,5,8-14H2,1-2H3/t16?,19-/m0/s1. The van der Waals surface area contributed by atoms with Crippen molar-refractivity contribution in [3.63, 3.8) is 0 Å². The molecule has 0 aliphatic carbocycles. The Morgan fingerprint density at radius 3 is 2.54 bits per heavy atom. The zero-order valence-electron chi connectivity index (χ0n) is 15.8. The lowest BCUT2D eigenvalue weighted by molar-refractivity contribution is -0.146. The molecule has 5 heteroatoms. The van der Waals surface area contributed by atoms with E-state index in [4.69, 9.17) is 0 Å². The maximum atomic E-state index is 13.9. The molecule has 2 aliphatic rings. The van der Waals surface area contributed by atoms with Gasteiger partial charge in [0.25, 0.3) is 0 Å². The molecule has 0 spiro atoms. The van der Waals surface area contributed by atoms with E-state index in [1.807, 2.05) is 11.8 Å². The van der Waals surface area contributed by atoms with E-state index in [1.165, 1.54) is 6.07 Å². The average Bonchev–Trinajstić information content (AvgIpc) is 3.12. The van der Waals surface area contributed by atoms with Crippen molar-refractivity contribution in [2.45, 2.75) is 52.0 Å². The molecule has 0 radical (unpaired) electrons. The number of carbonyl (C=O) groups excluding carboxylic acids is 2. The highest BCUT2D eigenvalue weighted by Crippen LogP contribution is 2.25. The molecule has 0 bridgehead atoms. The second-order valence-electron chi connectivity index (χ2n) is 7.89. The Morgan fingerprint density at radius 2 is 1.85 bits per heavy atom. The van der Waals surface area contributed by atoms with Crippen LogP contribution >= 0.6 is 0 Å². The van der Waals surface area contributed by atoms with E-state index < -0.39 is 0 Å². The second-order valence-corrected chi connectivity index (χ2v) is 7.89. The molecule has 1 aromatic rings. The first-order valence-corrected chi connectivity index (χ1v) is 9.80. The largest absolute Gasteiger partial charge is 0.341 e. The Morgan fingerprint density at radius 1 is 1.15 bits per heavy atom. The van der Waals surface area contributed by atoms with Gasteiger partial charge in [-0.2, -0.15) is 0 Å². The number of amides is 2. The molecule has 1 unspecified atom stereocenters. The molecule has 0 saturated carbocycles. The zero-order valence-corrected chi connectivity index (χ0v) is 15.8. The monoisotopic (exact) mass is 360 g/mol. The van der Waals surface area contributed by atoms with E-state index in [2.05, 4.69) is 6.92 Å². The number of piperidine rings is 1. The number of halogens is 1. The second kappa shape index (κ2) is 8.19. The molecular weight excluding hydrogens is 331 g/mol. The first kappa shape index (κ1) is 18.9. The number of carbonyl (C=O) groups is 2. The lowest BCUT2D eigenvalue weighted by atomic mass is 9.97. The summed E-state index contributed by atoms with van der Waals surface area (Å²) >= 11 is 0. The normalized spacial score (nSPS) is 22.5. The highest BCUT2D eigenvalue weighted by atomic mass is 19.1. The Labute approximate surface area is 155 Å². The van der Waals surface area contributed by atoms with Crippen LogP contribution in [0.1, 0.15) is 45.1 Å². The van der Waals surface area contributed by atoms with Gasteiger partial charge in [0, 0.05) is 25.6 Å². The van der Waals surface area contributed by atoms with Gasteiger partial charge in [-0.05, 0) is 49.7 Å². The summed E-state index contributed by atoms with van der Waals surface area (Å²) in [6.45, 7) is 6.27. The molecule has 4 nitrogen and oxygen atoms in total. The molecule has 2 aliphatic heterocycles. The van der Waals surface area contributed by atoms with Crippen LogP contribution in [0.25, 0.3) is 0 Å². The molecule has 26 heavy (non-hydrogen) atoms. The maximum Gasteiger partial charge on any atom is 0.245 e. The van der Waals surface area contributed by atoms with Crippen molar-refractivity contribution < 1.29 is 14.0 Å². The molecule has 2 saturated heterocycles. The van der Waals surface area contributed by atoms with E-state index in [9.17, 15) is 14.0 Å². The highest BCUT2D eigenvalue weighted by molar-refractivity contribution is 5.89. The van der Waals surface area contributed by atoms with E-state index in [0.29, 0.717) is 24.4 Å². The number of rotatable bonds is 4. The van der Waals surface area contributed by atoms with Crippen LogP contribution in [-0.2, 0) is 16.0 Å². The molecule has 0 aromatic heterocycles. The minimum absolute atomic E-state index is 0.0329. The predicted molar refractivity (Wildman–Crippen MR) is 99.0 cm³/mol. The lowest BCUT2D eigenvalue weighted by Gasteiger charge is -2.35. The lowest BCUT2D eigenvalue weighted by Crippen LogP contribution is -2.51. The smallest absolute Gasteiger partial charge is 0.245 e. The number of likely N-dealkylation sites (tertiary alicyclic amines) is 2. The van der Waals surface area contributed by atoms with Gasteiger partial charge in [0.1, 0.15) is 11.9 Å². The molecule has 2 amide bonds. The van der Waals surface area contributed by atoms with Crippen molar-refractivity contribution in [2.24, 2.45) is 11.8 Å². The fourth-order valence-corrected chi connectivity index (χ4v) is 4.09. The molecule has 0 N–H and O–H groups in total. The van der Waals surface area contributed by atoms with E-state index in [0.717, 1.165) is 38.8 Å². The summed E-state index contributed by atoms with van der Waals surface area (Å²) in [5, 5.41) is 0. The molecule has 3 rings (SSSR count).